The molecule has 1 saturated carbocycles. The number of nitrogens with zero attached hydrogens (tertiary/aromatic N) is 4. The van der Waals surface area contributed by atoms with Gasteiger partial charge < -0.3 is 15.0 Å². The Morgan fingerprint density at radius 2 is 1.51 bits per heavy atom. The number of piperidine rings is 2. The van der Waals surface area contributed by atoms with Crippen LogP contribution in [-0.2, 0) is 28.9 Å². The molecule has 1 unspecified atom stereocenters. The van der Waals surface area contributed by atoms with Crippen LogP contribution in [0.3, 0.4) is 0 Å². The molecule has 57 heavy (non-hydrogen) atoms. The lowest BCUT2D eigenvalue weighted by Gasteiger charge is -2.35. The monoisotopic (exact) mass is 782 g/mol. The first-order valence-electron chi connectivity index (χ1n) is 19.4. The molecule has 2 saturated heterocycles. The smallest absolute Gasteiger partial charge is 0.407 e. The summed E-state index contributed by atoms with van der Waals surface area (Å²) in [6, 6.07) is 13.5. The number of nitrogens with one attached hydrogen (secondary N) is 2. The molecule has 296 valence electrons. The molecule has 0 spiro atoms. The molecule has 8 rings (SSSR count). The summed E-state index contributed by atoms with van der Waals surface area (Å²) in [6.45, 7) is 11.0. The predicted octanol–water partition coefficient (Wildman–Crippen LogP) is 6.01. The molecule has 4 heterocycles. The van der Waals surface area contributed by atoms with Gasteiger partial charge in [-0.2, -0.15) is 13.2 Å². The number of benzene rings is 3. The zero-order valence-corrected chi connectivity index (χ0v) is 31.1. The van der Waals surface area contributed by atoms with Crippen molar-refractivity contribution in [2.75, 3.05) is 24.5 Å². The summed E-state index contributed by atoms with van der Waals surface area (Å²) in [6.07, 6.45) is -0.323. The Balaban J connectivity index is 0.777. The highest BCUT2D eigenvalue weighted by Gasteiger charge is 2.45. The van der Waals surface area contributed by atoms with Crippen LogP contribution in [0.15, 0.2) is 54.6 Å². The van der Waals surface area contributed by atoms with E-state index in [1.807, 2.05) is 24.3 Å². The minimum absolute atomic E-state index is 0.0732. The summed E-state index contributed by atoms with van der Waals surface area (Å²) >= 11 is 0. The Morgan fingerprint density at radius 3 is 2.11 bits per heavy atom. The molecular weight excluding hydrogens is 741 g/mol. The van der Waals surface area contributed by atoms with Crippen LogP contribution in [0.25, 0.3) is 4.85 Å². The standard InChI is InChI=1S/C42H41F3N6O6/c1-46-35-11-10-31(20-34(35)42(43,44)45)57-30-8-4-28(5-9-30)47-38(53)25-2-6-29(7-3-25)50-16-14-24(15-17-50)21-49-22-26-18-32-33(19-27(26)23-49)41(56)51(40(32)55)36-12-13-37(52)48-39(36)54/h2-3,6-7,10-11,18-20,24,28,30,36H,4-5,8-9,12-17,21-23H2,(H,47,53)(H,48,52,54). The van der Waals surface area contributed by atoms with E-state index in [1.165, 1.54) is 6.07 Å². The maximum Gasteiger partial charge on any atom is 0.407 e. The number of fused-ring (bicyclic) bond motifs is 2. The van der Waals surface area contributed by atoms with Crippen LogP contribution in [0.4, 0.5) is 24.5 Å². The third-order valence-corrected chi connectivity index (χ3v) is 11.9. The molecule has 1 aliphatic carbocycles. The van der Waals surface area contributed by atoms with Gasteiger partial charge in [0.05, 0.1) is 29.4 Å². The first kappa shape index (κ1) is 38.1. The van der Waals surface area contributed by atoms with E-state index in [0.29, 0.717) is 61.4 Å². The van der Waals surface area contributed by atoms with E-state index >= 15 is 0 Å². The maximum atomic E-state index is 13.4. The molecule has 0 aromatic heterocycles. The zero-order chi connectivity index (χ0) is 40.0. The molecule has 3 aromatic carbocycles. The number of imide groups is 2. The van der Waals surface area contributed by atoms with E-state index in [1.54, 1.807) is 12.1 Å². The summed E-state index contributed by atoms with van der Waals surface area (Å²) in [4.78, 5) is 72.3. The van der Waals surface area contributed by atoms with Crippen molar-refractivity contribution >= 4 is 40.9 Å². The predicted molar refractivity (Wildman–Crippen MR) is 200 cm³/mol. The van der Waals surface area contributed by atoms with Gasteiger partial charge in [-0.25, -0.2) is 4.85 Å². The van der Waals surface area contributed by atoms with E-state index < -0.39 is 47.1 Å². The van der Waals surface area contributed by atoms with Gasteiger partial charge >= 0.3 is 6.18 Å². The Morgan fingerprint density at radius 1 is 0.860 bits per heavy atom. The molecule has 12 nitrogen and oxygen atoms in total. The van der Waals surface area contributed by atoms with Crippen LogP contribution in [-0.4, -0.2) is 77.2 Å². The Bertz CT molecular complexity index is 2120. The second-order valence-electron chi connectivity index (χ2n) is 15.6. The van der Waals surface area contributed by atoms with Gasteiger partial charge in [0.2, 0.25) is 11.8 Å². The Hall–Kier alpha value is -5.75. The minimum atomic E-state index is -4.65. The van der Waals surface area contributed by atoms with Crippen LogP contribution in [0, 0.1) is 12.5 Å². The molecule has 1 atom stereocenters. The van der Waals surface area contributed by atoms with E-state index in [-0.39, 0.29) is 36.6 Å². The van der Waals surface area contributed by atoms with Crippen molar-refractivity contribution in [2.24, 2.45) is 5.92 Å². The number of anilines is 1. The molecule has 4 aliphatic heterocycles. The van der Waals surface area contributed by atoms with E-state index in [0.717, 1.165) is 66.3 Å². The van der Waals surface area contributed by atoms with Gasteiger partial charge in [0.15, 0.2) is 5.69 Å². The highest BCUT2D eigenvalue weighted by Crippen LogP contribution is 2.39. The first-order chi connectivity index (χ1) is 27.3. The molecular formula is C42H41F3N6O6. The van der Waals surface area contributed by atoms with Crippen molar-refractivity contribution in [2.45, 2.75) is 88.8 Å². The van der Waals surface area contributed by atoms with Crippen molar-refractivity contribution in [3.63, 3.8) is 0 Å². The average molecular weight is 783 g/mol. The maximum absolute atomic E-state index is 13.4. The van der Waals surface area contributed by atoms with Crippen molar-refractivity contribution in [3.8, 4) is 5.75 Å². The summed E-state index contributed by atoms with van der Waals surface area (Å²) in [7, 11) is 0. The van der Waals surface area contributed by atoms with Gasteiger partial charge in [-0.15, -0.1) is 0 Å². The molecule has 3 fully saturated rings. The van der Waals surface area contributed by atoms with Crippen molar-refractivity contribution in [3.05, 3.63) is 99.4 Å². The van der Waals surface area contributed by atoms with Gasteiger partial charge in [0.1, 0.15) is 11.8 Å². The van der Waals surface area contributed by atoms with Gasteiger partial charge in [0.25, 0.3) is 17.7 Å². The highest BCUT2D eigenvalue weighted by atomic mass is 19.4. The number of alkyl halides is 3. The second kappa shape index (κ2) is 15.3. The number of hydrogen-bond acceptors (Lipinski definition) is 8. The van der Waals surface area contributed by atoms with Crippen molar-refractivity contribution in [1.29, 1.82) is 0 Å². The lowest BCUT2D eigenvalue weighted by Crippen LogP contribution is -2.54. The fourth-order valence-electron chi connectivity index (χ4n) is 8.83. The third kappa shape index (κ3) is 7.83. The van der Waals surface area contributed by atoms with Crippen LogP contribution >= 0.6 is 0 Å². The quantitative estimate of drug-likeness (QED) is 0.210. The summed E-state index contributed by atoms with van der Waals surface area (Å²) < 4.78 is 45.9. The molecule has 3 aromatic rings. The first-order valence-corrected chi connectivity index (χ1v) is 19.4. The number of halogens is 3. The second-order valence-corrected chi connectivity index (χ2v) is 15.6. The minimum Gasteiger partial charge on any atom is -0.491 e. The van der Waals surface area contributed by atoms with E-state index in [9.17, 15) is 37.1 Å². The van der Waals surface area contributed by atoms with Crippen molar-refractivity contribution < 1.29 is 41.9 Å². The molecule has 5 amide bonds. The lowest BCUT2D eigenvalue weighted by atomic mass is 9.92. The number of ether oxygens (including phenoxy) is 1. The fraction of sp³-hybridized carbons (Fsp3) is 0.429. The molecule has 15 heteroatoms. The Kier molecular flexibility index (Phi) is 10.2. The normalized spacial score (nSPS) is 22.9. The molecule has 0 radical (unpaired) electrons. The highest BCUT2D eigenvalue weighted by molar-refractivity contribution is 6.23. The zero-order valence-electron chi connectivity index (χ0n) is 31.1. The van der Waals surface area contributed by atoms with Crippen molar-refractivity contribution in [1.82, 2.24) is 20.4 Å². The fourth-order valence-corrected chi connectivity index (χ4v) is 8.83. The number of carbonyl (C=O) groups is 5. The summed E-state index contributed by atoms with van der Waals surface area (Å²) in [5.41, 5.74) is 2.77. The van der Waals surface area contributed by atoms with E-state index in [2.05, 4.69) is 25.3 Å². The van der Waals surface area contributed by atoms with Crippen LogP contribution in [0.5, 0.6) is 5.75 Å². The number of rotatable bonds is 8. The summed E-state index contributed by atoms with van der Waals surface area (Å²) in [5, 5.41) is 5.32. The molecule has 2 N–H and O–H groups in total. The van der Waals surface area contributed by atoms with Gasteiger partial charge in [-0.3, -0.25) is 39.1 Å². The SMILES string of the molecule is [C-]#[N+]c1ccc(OC2CCC(NC(=O)c3ccc(N4CCC(CN5Cc6cc7c(cc6C5)C(=O)N(C5CCC(=O)NC5=O)C7=O)CC4)cc3)CC2)cc1C(F)(F)F. The van der Waals surface area contributed by atoms with Crippen LogP contribution in [0.1, 0.15) is 99.1 Å². The summed E-state index contributed by atoms with van der Waals surface area (Å²) in [5.74, 6) is -1.62. The largest absolute Gasteiger partial charge is 0.491 e. The van der Waals surface area contributed by atoms with Gasteiger partial charge in [0, 0.05) is 56.4 Å². The number of carbonyl (C=O) groups excluding carboxylic acids is 5. The van der Waals surface area contributed by atoms with Crippen LogP contribution < -0.4 is 20.3 Å². The van der Waals surface area contributed by atoms with Crippen LogP contribution in [0.2, 0.25) is 0 Å². The molecule has 5 aliphatic rings. The van der Waals surface area contributed by atoms with Gasteiger partial charge in [-0.05, 0) is 111 Å². The number of hydrogen-bond donors (Lipinski definition) is 2. The molecule has 0 bridgehead atoms. The Labute approximate surface area is 327 Å². The lowest BCUT2D eigenvalue weighted by molar-refractivity contribution is -0.137. The topological polar surface area (TPSA) is 133 Å². The third-order valence-electron chi connectivity index (χ3n) is 11.9. The van der Waals surface area contributed by atoms with E-state index in [4.69, 9.17) is 11.3 Å². The average Bonchev–Trinajstić information content (AvgIpc) is 3.70. The van der Waals surface area contributed by atoms with Gasteiger partial charge in [-0.1, -0.05) is 6.07 Å². The number of amides is 5.